The first-order chi connectivity index (χ1) is 9.24. The summed E-state index contributed by atoms with van der Waals surface area (Å²) < 4.78 is 13.1. The maximum Gasteiger partial charge on any atom is 0.146 e. The van der Waals surface area contributed by atoms with Crippen molar-refractivity contribution < 1.29 is 4.39 Å². The van der Waals surface area contributed by atoms with Crippen LogP contribution in [0.2, 0.25) is 0 Å². The molecule has 0 amide bonds. The third-order valence-corrected chi connectivity index (χ3v) is 2.80. The van der Waals surface area contributed by atoms with E-state index >= 15 is 0 Å². The van der Waals surface area contributed by atoms with Crippen molar-refractivity contribution in [2.45, 2.75) is 0 Å². The summed E-state index contributed by atoms with van der Waals surface area (Å²) in [5.74, 6) is 0.231. The topological polar surface area (TPSA) is 63.8 Å². The van der Waals surface area contributed by atoms with Gasteiger partial charge in [-0.3, -0.25) is 0 Å². The number of nitrogens with one attached hydrogen (secondary N) is 1. The minimum Gasteiger partial charge on any atom is -0.396 e. The molecule has 1 aromatic heterocycles. The minimum absolute atomic E-state index is 0.100. The molecule has 1 heterocycles. The van der Waals surface area contributed by atoms with E-state index in [1.54, 1.807) is 6.07 Å². The molecule has 3 N–H and O–H groups in total. The quantitative estimate of drug-likeness (QED) is 0.690. The molecule has 94 valence electrons. The molecule has 0 aliphatic rings. The predicted molar refractivity (Wildman–Crippen MR) is 73.6 cm³/mol. The van der Waals surface area contributed by atoms with Gasteiger partial charge in [-0.05, 0) is 30.3 Å². The Morgan fingerprint density at radius 3 is 2.74 bits per heavy atom. The molecular formula is C14H11FN4. The molecule has 0 saturated carbocycles. The summed E-state index contributed by atoms with van der Waals surface area (Å²) in [5, 5.41) is 4.01. The Kier molecular flexibility index (Phi) is 2.72. The number of hydrogen-bond acceptors (Lipinski definition) is 4. The summed E-state index contributed by atoms with van der Waals surface area (Å²) in [6.07, 6.45) is 1.48. The summed E-state index contributed by atoms with van der Waals surface area (Å²) >= 11 is 0. The molecule has 0 spiro atoms. The molecule has 3 rings (SSSR count). The van der Waals surface area contributed by atoms with Gasteiger partial charge in [0.1, 0.15) is 18.0 Å². The van der Waals surface area contributed by atoms with Crippen LogP contribution in [0.5, 0.6) is 0 Å². The normalized spacial score (nSPS) is 10.6. The number of halogens is 1. The van der Waals surface area contributed by atoms with Crippen molar-refractivity contribution in [3.8, 4) is 0 Å². The Morgan fingerprint density at radius 1 is 1.05 bits per heavy atom. The number of para-hydroxylation sites is 1. The van der Waals surface area contributed by atoms with Gasteiger partial charge in [-0.1, -0.05) is 12.1 Å². The van der Waals surface area contributed by atoms with E-state index in [4.69, 9.17) is 5.73 Å². The number of nitrogens with zero attached hydrogens (tertiary/aromatic N) is 2. The molecule has 2 aromatic carbocycles. The van der Waals surface area contributed by atoms with Crippen molar-refractivity contribution in [2.75, 3.05) is 11.1 Å². The number of nitrogen functional groups attached to an aromatic ring is 1. The van der Waals surface area contributed by atoms with Gasteiger partial charge < -0.3 is 11.1 Å². The lowest BCUT2D eigenvalue weighted by Crippen LogP contribution is -1.98. The van der Waals surface area contributed by atoms with Gasteiger partial charge in [0.25, 0.3) is 0 Å². The van der Waals surface area contributed by atoms with Crippen molar-refractivity contribution >= 4 is 28.1 Å². The van der Waals surface area contributed by atoms with Crippen LogP contribution in [-0.2, 0) is 0 Å². The van der Waals surface area contributed by atoms with Crippen LogP contribution in [0.1, 0.15) is 0 Å². The highest BCUT2D eigenvalue weighted by molar-refractivity contribution is 5.90. The highest BCUT2D eigenvalue weighted by Gasteiger charge is 2.04. The molecule has 3 aromatic rings. The van der Waals surface area contributed by atoms with Gasteiger partial charge in [0.15, 0.2) is 0 Å². The Hall–Kier alpha value is -2.69. The van der Waals surface area contributed by atoms with Crippen LogP contribution in [0.15, 0.2) is 48.8 Å². The van der Waals surface area contributed by atoms with Crippen LogP contribution in [0.3, 0.4) is 0 Å². The van der Waals surface area contributed by atoms with Crippen molar-refractivity contribution in [1.82, 2.24) is 9.97 Å². The number of nitrogens with two attached hydrogens (primary N) is 1. The Balaban J connectivity index is 2.03. The van der Waals surface area contributed by atoms with Crippen LogP contribution >= 0.6 is 0 Å². The van der Waals surface area contributed by atoms with E-state index in [1.807, 2.05) is 24.3 Å². The van der Waals surface area contributed by atoms with Gasteiger partial charge in [-0.25, -0.2) is 14.4 Å². The van der Waals surface area contributed by atoms with Crippen molar-refractivity contribution in [1.29, 1.82) is 0 Å². The molecule has 0 saturated heterocycles. The molecule has 19 heavy (non-hydrogen) atoms. The van der Waals surface area contributed by atoms with Gasteiger partial charge in [-0.15, -0.1) is 0 Å². The van der Waals surface area contributed by atoms with Crippen molar-refractivity contribution in [2.24, 2.45) is 0 Å². The summed E-state index contributed by atoms with van der Waals surface area (Å²) in [5.41, 5.74) is 7.17. The van der Waals surface area contributed by atoms with Crippen LogP contribution in [0.25, 0.3) is 10.9 Å². The third kappa shape index (κ3) is 2.18. The Morgan fingerprint density at radius 2 is 1.89 bits per heavy atom. The molecular weight excluding hydrogens is 243 g/mol. The van der Waals surface area contributed by atoms with E-state index in [9.17, 15) is 4.39 Å². The number of hydrogen-bond donors (Lipinski definition) is 2. The first-order valence-electron chi connectivity index (χ1n) is 5.76. The summed E-state index contributed by atoms with van der Waals surface area (Å²) in [6.45, 7) is 0. The lowest BCUT2D eigenvalue weighted by atomic mass is 10.2. The highest BCUT2D eigenvalue weighted by Crippen LogP contribution is 2.24. The largest absolute Gasteiger partial charge is 0.396 e. The molecule has 0 aliphatic heterocycles. The highest BCUT2D eigenvalue weighted by atomic mass is 19.1. The van der Waals surface area contributed by atoms with E-state index in [0.717, 1.165) is 10.9 Å². The maximum atomic E-state index is 13.1. The zero-order chi connectivity index (χ0) is 13.2. The summed E-state index contributed by atoms with van der Waals surface area (Å²) in [7, 11) is 0. The molecule has 0 radical (unpaired) electrons. The summed E-state index contributed by atoms with van der Waals surface area (Å²) in [6, 6.07) is 12.1. The lowest BCUT2D eigenvalue weighted by Gasteiger charge is -2.08. The third-order valence-electron chi connectivity index (χ3n) is 2.80. The Bertz CT molecular complexity index is 737. The first-order valence-corrected chi connectivity index (χ1v) is 5.76. The van der Waals surface area contributed by atoms with Crippen LogP contribution in [-0.4, -0.2) is 9.97 Å². The number of benzene rings is 2. The monoisotopic (exact) mass is 254 g/mol. The molecule has 0 atom stereocenters. The van der Waals surface area contributed by atoms with E-state index < -0.39 is 5.82 Å². The summed E-state index contributed by atoms with van der Waals surface area (Å²) in [4.78, 5) is 8.38. The average Bonchev–Trinajstić information content (AvgIpc) is 2.43. The van der Waals surface area contributed by atoms with Crippen LogP contribution in [0, 0.1) is 5.82 Å². The standard InChI is InChI=1S/C14H11FN4/c15-11-6-5-9(7-12(11)16)19-14-10-3-1-2-4-13(10)17-8-18-14/h1-8H,16H2,(H,17,18,19). The van der Waals surface area contributed by atoms with E-state index in [0.29, 0.717) is 11.5 Å². The number of anilines is 3. The van der Waals surface area contributed by atoms with E-state index in [-0.39, 0.29) is 5.69 Å². The molecule has 5 heteroatoms. The zero-order valence-corrected chi connectivity index (χ0v) is 9.97. The van der Waals surface area contributed by atoms with E-state index in [1.165, 1.54) is 18.5 Å². The first kappa shape index (κ1) is 11.4. The minimum atomic E-state index is -0.432. The van der Waals surface area contributed by atoms with Crippen LogP contribution < -0.4 is 11.1 Å². The predicted octanol–water partition coefficient (Wildman–Crippen LogP) is 3.09. The lowest BCUT2D eigenvalue weighted by molar-refractivity contribution is 0.633. The van der Waals surface area contributed by atoms with Gasteiger partial charge in [-0.2, -0.15) is 0 Å². The van der Waals surface area contributed by atoms with Gasteiger partial charge >= 0.3 is 0 Å². The molecule has 0 unspecified atom stereocenters. The second-order valence-electron chi connectivity index (χ2n) is 4.10. The number of fused-ring (bicyclic) bond motifs is 1. The fourth-order valence-corrected chi connectivity index (χ4v) is 1.86. The molecule has 4 nitrogen and oxygen atoms in total. The fraction of sp³-hybridized carbons (Fsp3) is 0. The number of rotatable bonds is 2. The second-order valence-corrected chi connectivity index (χ2v) is 4.10. The van der Waals surface area contributed by atoms with Gasteiger partial charge in [0.05, 0.1) is 11.2 Å². The van der Waals surface area contributed by atoms with Crippen LogP contribution in [0.4, 0.5) is 21.6 Å². The molecule has 0 aliphatic carbocycles. The molecule has 0 fully saturated rings. The number of aromatic nitrogens is 2. The second kappa shape index (κ2) is 4.53. The van der Waals surface area contributed by atoms with Gasteiger partial charge in [0, 0.05) is 11.1 Å². The SMILES string of the molecule is Nc1cc(Nc2ncnc3ccccc23)ccc1F. The smallest absolute Gasteiger partial charge is 0.146 e. The average molecular weight is 254 g/mol. The zero-order valence-electron chi connectivity index (χ0n) is 9.97. The van der Waals surface area contributed by atoms with Crippen molar-refractivity contribution in [3.05, 3.63) is 54.6 Å². The van der Waals surface area contributed by atoms with Crippen molar-refractivity contribution in [3.63, 3.8) is 0 Å². The Labute approximate surface area is 109 Å². The van der Waals surface area contributed by atoms with Gasteiger partial charge in [0.2, 0.25) is 0 Å². The van der Waals surface area contributed by atoms with E-state index in [2.05, 4.69) is 15.3 Å². The fourth-order valence-electron chi connectivity index (χ4n) is 1.86. The molecule has 0 bridgehead atoms. The maximum absolute atomic E-state index is 13.1.